The molecular formula is C16H22N2O2S. The molecule has 1 aromatic carbocycles. The first-order chi connectivity index (χ1) is 9.89. The van der Waals surface area contributed by atoms with E-state index in [1.165, 1.54) is 0 Å². The van der Waals surface area contributed by atoms with Crippen molar-refractivity contribution in [2.45, 2.75) is 44.9 Å². The number of carboxylic acid groups (broad SMARTS) is 1. The van der Waals surface area contributed by atoms with Crippen molar-refractivity contribution in [2.75, 3.05) is 6.26 Å². The SMILES string of the molecule is CCCc1nc2cccc(C(=O)O)c2n1CC(C)(C)SC. The number of nitrogens with zero attached hydrogens (tertiary/aromatic N) is 2. The third kappa shape index (κ3) is 3.23. The van der Waals surface area contributed by atoms with Crippen LogP contribution in [0.2, 0.25) is 0 Å². The lowest BCUT2D eigenvalue weighted by Crippen LogP contribution is -2.24. The van der Waals surface area contributed by atoms with E-state index in [1.807, 2.05) is 6.07 Å². The van der Waals surface area contributed by atoms with Crippen molar-refractivity contribution in [3.63, 3.8) is 0 Å². The summed E-state index contributed by atoms with van der Waals surface area (Å²) in [6, 6.07) is 5.31. The summed E-state index contributed by atoms with van der Waals surface area (Å²) in [5.74, 6) is 0.0788. The summed E-state index contributed by atoms with van der Waals surface area (Å²) < 4.78 is 2.13. The summed E-state index contributed by atoms with van der Waals surface area (Å²) in [6.45, 7) is 7.21. The largest absolute Gasteiger partial charge is 0.478 e. The van der Waals surface area contributed by atoms with Gasteiger partial charge in [-0.05, 0) is 38.7 Å². The predicted molar refractivity (Wildman–Crippen MR) is 88.3 cm³/mol. The number of aryl methyl sites for hydroxylation is 1. The van der Waals surface area contributed by atoms with Gasteiger partial charge in [0.1, 0.15) is 5.82 Å². The van der Waals surface area contributed by atoms with Crippen LogP contribution >= 0.6 is 11.8 Å². The van der Waals surface area contributed by atoms with E-state index in [4.69, 9.17) is 0 Å². The zero-order chi connectivity index (χ0) is 15.6. The minimum Gasteiger partial charge on any atom is -0.478 e. The Bertz CT molecular complexity index is 662. The van der Waals surface area contributed by atoms with Crippen LogP contribution in [0.5, 0.6) is 0 Å². The van der Waals surface area contributed by atoms with Gasteiger partial charge in [-0.2, -0.15) is 11.8 Å². The van der Waals surface area contributed by atoms with Crippen molar-refractivity contribution in [3.8, 4) is 0 Å². The average molecular weight is 306 g/mol. The molecule has 0 bridgehead atoms. The molecule has 0 aliphatic heterocycles. The van der Waals surface area contributed by atoms with Gasteiger partial charge in [0.25, 0.3) is 0 Å². The van der Waals surface area contributed by atoms with Crippen molar-refractivity contribution in [3.05, 3.63) is 29.6 Å². The smallest absolute Gasteiger partial charge is 0.337 e. The Morgan fingerprint density at radius 1 is 1.43 bits per heavy atom. The van der Waals surface area contributed by atoms with E-state index in [1.54, 1.807) is 23.9 Å². The number of rotatable bonds is 6. The molecule has 0 radical (unpaired) electrons. The second-order valence-corrected chi connectivity index (χ2v) is 7.32. The van der Waals surface area contributed by atoms with Gasteiger partial charge in [-0.1, -0.05) is 13.0 Å². The average Bonchev–Trinajstić information content (AvgIpc) is 2.76. The van der Waals surface area contributed by atoms with Crippen LogP contribution in [0, 0.1) is 0 Å². The molecule has 0 aliphatic rings. The van der Waals surface area contributed by atoms with E-state index in [2.05, 4.69) is 36.6 Å². The minimum atomic E-state index is -0.897. The highest BCUT2D eigenvalue weighted by atomic mass is 32.2. The number of thioether (sulfide) groups is 1. The van der Waals surface area contributed by atoms with Crippen LogP contribution in [-0.4, -0.2) is 31.6 Å². The molecule has 114 valence electrons. The number of imidazole rings is 1. The molecule has 1 heterocycles. The van der Waals surface area contributed by atoms with Crippen molar-refractivity contribution >= 4 is 28.8 Å². The van der Waals surface area contributed by atoms with E-state index < -0.39 is 5.97 Å². The second-order valence-electron chi connectivity index (χ2n) is 5.81. The molecule has 0 aliphatic carbocycles. The third-order valence-electron chi connectivity index (χ3n) is 3.64. The lowest BCUT2D eigenvalue weighted by atomic mass is 10.1. The van der Waals surface area contributed by atoms with Crippen molar-refractivity contribution < 1.29 is 9.90 Å². The maximum atomic E-state index is 11.5. The van der Waals surface area contributed by atoms with E-state index in [9.17, 15) is 9.90 Å². The van der Waals surface area contributed by atoms with Crippen LogP contribution in [0.4, 0.5) is 0 Å². The van der Waals surface area contributed by atoms with E-state index >= 15 is 0 Å². The van der Waals surface area contributed by atoms with Gasteiger partial charge >= 0.3 is 5.97 Å². The van der Waals surface area contributed by atoms with Crippen LogP contribution < -0.4 is 0 Å². The van der Waals surface area contributed by atoms with Crippen LogP contribution in [0.3, 0.4) is 0 Å². The summed E-state index contributed by atoms with van der Waals surface area (Å²) in [6.07, 6.45) is 3.93. The first-order valence-corrected chi connectivity index (χ1v) is 8.38. The molecule has 0 saturated heterocycles. The monoisotopic (exact) mass is 306 g/mol. The Hall–Kier alpha value is -1.49. The number of aromatic nitrogens is 2. The van der Waals surface area contributed by atoms with Gasteiger partial charge in [0.2, 0.25) is 0 Å². The van der Waals surface area contributed by atoms with E-state index in [-0.39, 0.29) is 4.75 Å². The van der Waals surface area contributed by atoms with E-state index in [0.29, 0.717) is 5.56 Å². The summed E-state index contributed by atoms with van der Waals surface area (Å²) in [7, 11) is 0. The fraction of sp³-hybridized carbons (Fsp3) is 0.500. The molecule has 2 aromatic rings. The topological polar surface area (TPSA) is 55.1 Å². The molecule has 1 aromatic heterocycles. The maximum Gasteiger partial charge on any atom is 0.337 e. The quantitative estimate of drug-likeness (QED) is 0.881. The van der Waals surface area contributed by atoms with Gasteiger partial charge in [0.05, 0.1) is 16.6 Å². The van der Waals surface area contributed by atoms with Gasteiger partial charge < -0.3 is 9.67 Å². The Morgan fingerprint density at radius 2 is 2.14 bits per heavy atom. The Kier molecular flexibility index (Phi) is 4.61. The van der Waals surface area contributed by atoms with Crippen LogP contribution in [0.25, 0.3) is 11.0 Å². The zero-order valence-corrected chi connectivity index (χ0v) is 13.8. The lowest BCUT2D eigenvalue weighted by molar-refractivity contribution is 0.0698. The summed E-state index contributed by atoms with van der Waals surface area (Å²) in [5.41, 5.74) is 1.85. The number of benzene rings is 1. The van der Waals surface area contributed by atoms with Crippen LogP contribution in [0.1, 0.15) is 43.4 Å². The Morgan fingerprint density at radius 3 is 2.71 bits per heavy atom. The molecule has 0 amide bonds. The highest BCUT2D eigenvalue weighted by Crippen LogP contribution is 2.29. The highest BCUT2D eigenvalue weighted by molar-refractivity contribution is 7.99. The molecule has 0 saturated carbocycles. The first kappa shape index (κ1) is 15.9. The Balaban J connectivity index is 2.67. The summed E-state index contributed by atoms with van der Waals surface area (Å²) >= 11 is 1.78. The standard InChI is InChI=1S/C16H22N2O2S/c1-5-7-13-17-12-9-6-8-11(15(19)20)14(12)18(13)10-16(2,3)21-4/h6,8-9H,5,7,10H2,1-4H3,(H,19,20). The number of hydrogen-bond acceptors (Lipinski definition) is 3. The van der Waals surface area contributed by atoms with Gasteiger partial charge in [0.15, 0.2) is 0 Å². The lowest BCUT2D eigenvalue weighted by Gasteiger charge is -2.24. The molecule has 0 fully saturated rings. The molecule has 5 heteroatoms. The van der Waals surface area contributed by atoms with E-state index in [0.717, 1.165) is 36.2 Å². The molecule has 1 N–H and O–H groups in total. The normalized spacial score (nSPS) is 12.0. The zero-order valence-electron chi connectivity index (χ0n) is 13.0. The van der Waals surface area contributed by atoms with Gasteiger partial charge in [-0.25, -0.2) is 9.78 Å². The fourth-order valence-electron chi connectivity index (χ4n) is 2.44. The van der Waals surface area contributed by atoms with Crippen LogP contribution in [0.15, 0.2) is 18.2 Å². The second kappa shape index (κ2) is 6.10. The van der Waals surface area contributed by atoms with Gasteiger partial charge in [-0.3, -0.25) is 0 Å². The van der Waals surface area contributed by atoms with Crippen molar-refractivity contribution in [1.29, 1.82) is 0 Å². The maximum absolute atomic E-state index is 11.5. The number of hydrogen-bond donors (Lipinski definition) is 1. The highest BCUT2D eigenvalue weighted by Gasteiger charge is 2.23. The van der Waals surface area contributed by atoms with Crippen molar-refractivity contribution in [1.82, 2.24) is 9.55 Å². The summed E-state index contributed by atoms with van der Waals surface area (Å²) in [4.78, 5) is 16.2. The number of para-hydroxylation sites is 1. The molecule has 21 heavy (non-hydrogen) atoms. The molecule has 0 atom stereocenters. The third-order valence-corrected chi connectivity index (χ3v) is 4.88. The molecule has 2 rings (SSSR count). The number of carboxylic acids is 1. The molecule has 0 unspecified atom stereocenters. The number of carbonyl (C=O) groups is 1. The molecule has 4 nitrogen and oxygen atoms in total. The number of aromatic carboxylic acids is 1. The molecular weight excluding hydrogens is 284 g/mol. The minimum absolute atomic E-state index is 0.0295. The van der Waals surface area contributed by atoms with Gasteiger partial charge in [0, 0.05) is 17.7 Å². The molecule has 0 spiro atoms. The van der Waals surface area contributed by atoms with Gasteiger partial charge in [-0.15, -0.1) is 0 Å². The van der Waals surface area contributed by atoms with Crippen molar-refractivity contribution in [2.24, 2.45) is 0 Å². The number of fused-ring (bicyclic) bond motifs is 1. The Labute approximate surface area is 129 Å². The fourth-order valence-corrected chi connectivity index (χ4v) is 2.69. The van der Waals surface area contributed by atoms with Crippen LogP contribution in [-0.2, 0) is 13.0 Å². The predicted octanol–water partition coefficient (Wildman–Crippen LogP) is 3.83. The first-order valence-electron chi connectivity index (χ1n) is 7.16. The summed E-state index contributed by atoms with van der Waals surface area (Å²) in [5, 5.41) is 9.46.